The fraction of sp³-hybridized carbons (Fsp3) is 0.588. The number of methoxy groups -OCH3 is 1. The maximum absolute atomic E-state index is 12.3. The van der Waals surface area contributed by atoms with E-state index in [1.165, 1.54) is 0 Å². The SMILES string of the molecule is CCN(CC(=O)Nc1cc(C)ccc1OC)CC1CCOC1. The number of benzene rings is 1. The number of anilines is 1. The van der Waals surface area contributed by atoms with Crippen molar-refractivity contribution in [3.63, 3.8) is 0 Å². The van der Waals surface area contributed by atoms with Crippen molar-refractivity contribution in [2.45, 2.75) is 20.3 Å². The van der Waals surface area contributed by atoms with E-state index >= 15 is 0 Å². The van der Waals surface area contributed by atoms with Crippen LogP contribution in [-0.2, 0) is 9.53 Å². The van der Waals surface area contributed by atoms with Crippen LogP contribution in [0.1, 0.15) is 18.9 Å². The van der Waals surface area contributed by atoms with Crippen molar-refractivity contribution in [1.29, 1.82) is 0 Å². The maximum atomic E-state index is 12.3. The molecule has 0 radical (unpaired) electrons. The van der Waals surface area contributed by atoms with Gasteiger partial charge in [-0.25, -0.2) is 0 Å². The third kappa shape index (κ3) is 4.71. The molecule has 0 spiro atoms. The van der Waals surface area contributed by atoms with Crippen LogP contribution in [0.2, 0.25) is 0 Å². The van der Waals surface area contributed by atoms with Crippen LogP contribution in [0.3, 0.4) is 0 Å². The van der Waals surface area contributed by atoms with E-state index in [9.17, 15) is 4.79 Å². The number of rotatable bonds is 7. The Hall–Kier alpha value is -1.59. The van der Waals surface area contributed by atoms with Crippen LogP contribution in [0.5, 0.6) is 5.75 Å². The molecule has 22 heavy (non-hydrogen) atoms. The number of hydrogen-bond donors (Lipinski definition) is 1. The highest BCUT2D eigenvalue weighted by molar-refractivity contribution is 5.93. The molecule has 2 rings (SSSR count). The van der Waals surface area contributed by atoms with Crippen molar-refractivity contribution < 1.29 is 14.3 Å². The van der Waals surface area contributed by atoms with Gasteiger partial charge in [-0.15, -0.1) is 0 Å². The van der Waals surface area contributed by atoms with Gasteiger partial charge in [0.2, 0.25) is 5.91 Å². The molecule has 1 fully saturated rings. The second-order valence-corrected chi connectivity index (χ2v) is 5.81. The van der Waals surface area contributed by atoms with Gasteiger partial charge < -0.3 is 14.8 Å². The Morgan fingerprint density at radius 1 is 1.50 bits per heavy atom. The topological polar surface area (TPSA) is 50.8 Å². The number of nitrogens with one attached hydrogen (secondary N) is 1. The lowest BCUT2D eigenvalue weighted by Crippen LogP contribution is -2.36. The Labute approximate surface area is 132 Å². The normalized spacial score (nSPS) is 17.7. The van der Waals surface area contributed by atoms with Gasteiger partial charge in [0.1, 0.15) is 5.75 Å². The summed E-state index contributed by atoms with van der Waals surface area (Å²) in [6, 6.07) is 5.77. The Kier molecular flexibility index (Phi) is 6.21. The number of hydrogen-bond acceptors (Lipinski definition) is 4. The van der Waals surface area contributed by atoms with Crippen molar-refractivity contribution >= 4 is 11.6 Å². The van der Waals surface area contributed by atoms with E-state index in [0.717, 1.165) is 44.0 Å². The van der Waals surface area contributed by atoms with Gasteiger partial charge in [0.25, 0.3) is 0 Å². The van der Waals surface area contributed by atoms with E-state index in [1.54, 1.807) is 7.11 Å². The van der Waals surface area contributed by atoms with Crippen LogP contribution in [0.4, 0.5) is 5.69 Å². The molecular formula is C17H26N2O3. The fourth-order valence-electron chi connectivity index (χ4n) is 2.71. The van der Waals surface area contributed by atoms with Crippen LogP contribution in [0.25, 0.3) is 0 Å². The molecule has 5 nitrogen and oxygen atoms in total. The van der Waals surface area contributed by atoms with Gasteiger partial charge in [-0.3, -0.25) is 9.69 Å². The highest BCUT2D eigenvalue weighted by atomic mass is 16.5. The number of carbonyl (C=O) groups is 1. The summed E-state index contributed by atoms with van der Waals surface area (Å²) in [6.45, 7) is 7.89. The molecule has 0 aliphatic carbocycles. The first-order valence-electron chi connectivity index (χ1n) is 7.87. The van der Waals surface area contributed by atoms with Crippen LogP contribution >= 0.6 is 0 Å². The first-order chi connectivity index (χ1) is 10.6. The number of carbonyl (C=O) groups excluding carboxylic acids is 1. The lowest BCUT2D eigenvalue weighted by molar-refractivity contribution is -0.117. The number of likely N-dealkylation sites (N-methyl/N-ethyl adjacent to an activating group) is 1. The van der Waals surface area contributed by atoms with Gasteiger partial charge in [-0.05, 0) is 43.5 Å². The van der Waals surface area contributed by atoms with E-state index in [-0.39, 0.29) is 5.91 Å². The van der Waals surface area contributed by atoms with E-state index < -0.39 is 0 Å². The largest absolute Gasteiger partial charge is 0.495 e. The second kappa shape index (κ2) is 8.15. The van der Waals surface area contributed by atoms with E-state index in [4.69, 9.17) is 9.47 Å². The average molecular weight is 306 g/mol. The predicted octanol–water partition coefficient (Wildman–Crippen LogP) is 2.30. The number of aryl methyl sites for hydroxylation is 1. The molecule has 1 unspecified atom stereocenters. The molecule has 1 aliphatic heterocycles. The highest BCUT2D eigenvalue weighted by Gasteiger charge is 2.20. The van der Waals surface area contributed by atoms with Gasteiger partial charge in [0.05, 0.1) is 25.9 Å². The lowest BCUT2D eigenvalue weighted by atomic mass is 10.1. The summed E-state index contributed by atoms with van der Waals surface area (Å²) >= 11 is 0. The number of ether oxygens (including phenoxy) is 2. The first kappa shape index (κ1) is 16.8. The van der Waals surface area contributed by atoms with E-state index in [2.05, 4.69) is 17.1 Å². The zero-order valence-electron chi connectivity index (χ0n) is 13.7. The second-order valence-electron chi connectivity index (χ2n) is 5.81. The molecule has 122 valence electrons. The molecule has 1 heterocycles. The predicted molar refractivity (Wildman–Crippen MR) is 87.4 cm³/mol. The fourth-order valence-corrected chi connectivity index (χ4v) is 2.71. The Balaban J connectivity index is 1.91. The van der Waals surface area contributed by atoms with Crippen LogP contribution < -0.4 is 10.1 Å². The summed E-state index contributed by atoms with van der Waals surface area (Å²) in [6.07, 6.45) is 1.09. The molecule has 1 amide bonds. The monoisotopic (exact) mass is 306 g/mol. The van der Waals surface area contributed by atoms with Crippen LogP contribution in [0.15, 0.2) is 18.2 Å². The zero-order chi connectivity index (χ0) is 15.9. The molecule has 1 aromatic carbocycles. The Morgan fingerprint density at radius 2 is 2.32 bits per heavy atom. The lowest BCUT2D eigenvalue weighted by Gasteiger charge is -2.23. The smallest absolute Gasteiger partial charge is 0.238 e. The highest BCUT2D eigenvalue weighted by Crippen LogP contribution is 2.25. The minimum absolute atomic E-state index is 0.00957. The Morgan fingerprint density at radius 3 is 2.95 bits per heavy atom. The summed E-state index contributed by atoms with van der Waals surface area (Å²) in [5, 5.41) is 2.96. The van der Waals surface area contributed by atoms with Gasteiger partial charge in [-0.1, -0.05) is 13.0 Å². The summed E-state index contributed by atoms with van der Waals surface area (Å²) in [5.41, 5.74) is 1.82. The molecule has 5 heteroatoms. The van der Waals surface area contributed by atoms with Crippen molar-refractivity contribution in [1.82, 2.24) is 4.90 Å². The summed E-state index contributed by atoms with van der Waals surface area (Å²) in [7, 11) is 1.61. The van der Waals surface area contributed by atoms with Crippen molar-refractivity contribution in [3.05, 3.63) is 23.8 Å². The van der Waals surface area contributed by atoms with Crippen molar-refractivity contribution in [2.24, 2.45) is 5.92 Å². The minimum atomic E-state index is -0.00957. The summed E-state index contributed by atoms with van der Waals surface area (Å²) in [4.78, 5) is 14.5. The van der Waals surface area contributed by atoms with Crippen LogP contribution in [0, 0.1) is 12.8 Å². The molecule has 0 saturated carbocycles. The number of nitrogens with zero attached hydrogens (tertiary/aromatic N) is 1. The molecule has 1 saturated heterocycles. The standard InChI is InChI=1S/C17H26N2O3/c1-4-19(10-14-7-8-22-12-14)11-17(20)18-15-9-13(2)5-6-16(15)21-3/h5-6,9,14H,4,7-8,10-12H2,1-3H3,(H,18,20). The molecule has 1 N–H and O–H groups in total. The quantitative estimate of drug-likeness (QED) is 0.840. The first-order valence-corrected chi connectivity index (χ1v) is 7.87. The molecule has 1 aliphatic rings. The molecule has 0 aromatic heterocycles. The van der Waals surface area contributed by atoms with Gasteiger partial charge >= 0.3 is 0 Å². The average Bonchev–Trinajstić information content (AvgIpc) is 2.99. The summed E-state index contributed by atoms with van der Waals surface area (Å²) < 4.78 is 10.7. The van der Waals surface area contributed by atoms with Gasteiger partial charge in [-0.2, -0.15) is 0 Å². The zero-order valence-corrected chi connectivity index (χ0v) is 13.7. The molecule has 1 atom stereocenters. The molecule has 0 bridgehead atoms. The third-order valence-electron chi connectivity index (χ3n) is 3.98. The van der Waals surface area contributed by atoms with E-state index in [1.807, 2.05) is 25.1 Å². The Bertz CT molecular complexity index is 499. The van der Waals surface area contributed by atoms with Crippen LogP contribution in [-0.4, -0.2) is 50.8 Å². The molecular weight excluding hydrogens is 280 g/mol. The maximum Gasteiger partial charge on any atom is 0.238 e. The summed E-state index contributed by atoms with van der Waals surface area (Å²) in [5.74, 6) is 1.22. The molecule has 1 aromatic rings. The van der Waals surface area contributed by atoms with Gasteiger partial charge in [0, 0.05) is 13.2 Å². The third-order valence-corrected chi connectivity index (χ3v) is 3.98. The van der Waals surface area contributed by atoms with Crippen molar-refractivity contribution in [3.8, 4) is 5.75 Å². The van der Waals surface area contributed by atoms with Crippen molar-refractivity contribution in [2.75, 3.05) is 45.3 Å². The van der Waals surface area contributed by atoms with Gasteiger partial charge in [0.15, 0.2) is 0 Å². The number of amides is 1. The van der Waals surface area contributed by atoms with E-state index in [0.29, 0.717) is 18.2 Å². The minimum Gasteiger partial charge on any atom is -0.495 e.